The Morgan fingerprint density at radius 3 is 1.60 bits per heavy atom. The van der Waals surface area contributed by atoms with Gasteiger partial charge in [-0.05, 0) is 139 Å². The number of amides is 2. The number of aliphatic hydroxyl groups excluding tert-OH is 4. The summed E-state index contributed by atoms with van der Waals surface area (Å²) in [4.78, 5) is 27.3. The molecule has 352 valence electrons. The van der Waals surface area contributed by atoms with Crippen molar-refractivity contribution < 1.29 is 70.7 Å². The van der Waals surface area contributed by atoms with Crippen molar-refractivity contribution >= 4 is 22.3 Å². The maximum atomic E-state index is 13.8. The predicted octanol–water partition coefficient (Wildman–Crippen LogP) is 7.12. The molecule has 2 amide bonds. The molecular formula is C45H64F2N2O13S. The van der Waals surface area contributed by atoms with Crippen LogP contribution in [-0.2, 0) is 42.3 Å². The lowest BCUT2D eigenvalue weighted by Crippen LogP contribution is -2.55. The molecular weight excluding hydrogens is 847 g/mol. The van der Waals surface area contributed by atoms with Crippen molar-refractivity contribution in [3.05, 3.63) is 100 Å². The Hall–Kier alpha value is -4.27. The van der Waals surface area contributed by atoms with Crippen LogP contribution in [-0.4, -0.2) is 112 Å². The predicted molar refractivity (Wildman–Crippen MR) is 229 cm³/mol. The van der Waals surface area contributed by atoms with Crippen LogP contribution in [0.2, 0.25) is 0 Å². The third-order valence-electron chi connectivity index (χ3n) is 10.0. The number of halogens is 2. The van der Waals surface area contributed by atoms with E-state index in [0.29, 0.717) is 54.8 Å². The second kappa shape index (κ2) is 23.6. The van der Waals surface area contributed by atoms with Crippen molar-refractivity contribution in [2.45, 2.75) is 140 Å². The Bertz CT molecular complexity index is 2040. The number of likely N-dealkylation sites (tertiary alicyclic amines) is 2. The number of benzene rings is 3. The van der Waals surface area contributed by atoms with Crippen molar-refractivity contribution in [2.75, 3.05) is 26.8 Å². The second-order valence-electron chi connectivity index (χ2n) is 17.2. The van der Waals surface area contributed by atoms with E-state index in [2.05, 4.69) is 0 Å². The lowest BCUT2D eigenvalue weighted by atomic mass is 9.90. The molecule has 0 bridgehead atoms. The zero-order valence-electron chi connectivity index (χ0n) is 37.3. The van der Waals surface area contributed by atoms with Gasteiger partial charge in [0.1, 0.15) is 22.8 Å². The summed E-state index contributed by atoms with van der Waals surface area (Å²) in [5, 5.41) is 37.7. The van der Waals surface area contributed by atoms with Gasteiger partial charge in [-0.2, -0.15) is 8.42 Å². The smallest absolute Gasteiger partial charge is 0.410 e. The third-order valence-corrected chi connectivity index (χ3v) is 10.9. The quantitative estimate of drug-likeness (QED) is 0.136. The molecule has 3 saturated heterocycles. The Morgan fingerprint density at radius 2 is 1.22 bits per heavy atom. The number of nitrogens with zero attached hydrogens (tertiary/aromatic N) is 2. The highest BCUT2D eigenvalue weighted by molar-refractivity contribution is 7.85. The largest absolute Gasteiger partial charge is 0.444 e. The zero-order chi connectivity index (χ0) is 47.3. The van der Waals surface area contributed by atoms with Gasteiger partial charge in [-0.15, -0.1) is 0 Å². The first kappa shape index (κ1) is 53.1. The van der Waals surface area contributed by atoms with E-state index in [1.54, 1.807) is 59.7 Å². The van der Waals surface area contributed by atoms with E-state index >= 15 is 0 Å². The normalized spacial score (nSPS) is 19.5. The van der Waals surface area contributed by atoms with Gasteiger partial charge in [-0.25, -0.2) is 18.4 Å². The van der Waals surface area contributed by atoms with E-state index in [1.807, 2.05) is 6.92 Å². The summed E-state index contributed by atoms with van der Waals surface area (Å²) in [7, 11) is -3.02. The number of carbonyl (C=O) groups is 2. The van der Waals surface area contributed by atoms with Crippen LogP contribution in [0.1, 0.15) is 114 Å². The first-order valence-corrected chi connectivity index (χ1v) is 22.2. The summed E-state index contributed by atoms with van der Waals surface area (Å²) in [6.07, 6.45) is 1.01. The van der Waals surface area contributed by atoms with Gasteiger partial charge in [0.2, 0.25) is 0 Å². The van der Waals surface area contributed by atoms with Crippen LogP contribution in [0, 0.1) is 18.6 Å². The summed E-state index contributed by atoms with van der Waals surface area (Å²) < 4.78 is 78.6. The summed E-state index contributed by atoms with van der Waals surface area (Å²) in [6, 6.07) is 13.3. The lowest BCUT2D eigenvalue weighted by molar-refractivity contribution is -0.169. The van der Waals surface area contributed by atoms with E-state index in [1.165, 1.54) is 52.3 Å². The van der Waals surface area contributed by atoms with E-state index in [-0.39, 0.29) is 24.4 Å². The first-order chi connectivity index (χ1) is 29.5. The van der Waals surface area contributed by atoms with Crippen LogP contribution in [0.3, 0.4) is 0 Å². The molecule has 3 aliphatic rings. The molecule has 3 unspecified atom stereocenters. The summed E-state index contributed by atoms with van der Waals surface area (Å²) in [6.45, 7) is 14.1. The van der Waals surface area contributed by atoms with Crippen LogP contribution in [0.15, 0.2) is 65.6 Å². The maximum Gasteiger partial charge on any atom is 0.410 e. The number of aryl methyl sites for hydroxylation is 1. The fourth-order valence-corrected chi connectivity index (χ4v) is 7.18. The molecule has 18 heteroatoms. The molecule has 0 spiro atoms. The standard InChI is InChI=1S/C21H30FNO5.C16H22FNO4.C7H8O3S.CH4O/c1-21(2,3)28-20(25)23-10-9-17(23)19(24)16-8-7-15(22)12-14(16)13-27-18-6-4-5-11-26-18;1-16(2,3)22-15(21)18-7-6-13(18)14(20)12-5-4-11(17)8-10(12)9-19;1-6-2-4-7(5-3-6)11(8,9)10;1-2/h7-8,12,17-19,24H,4-6,9-11,13H2,1-3H3;4-5,8,13-14,19-20H,6-7,9H2,1-3H3;2-5H,1H3,(H,8,9,10);2H,1H3/t17-,18?,19?;13-,14?;;/m00../s1. The molecule has 3 aromatic carbocycles. The molecule has 6 rings (SSSR count). The molecule has 0 aromatic heterocycles. The average molecular weight is 911 g/mol. The van der Waals surface area contributed by atoms with Gasteiger partial charge in [0.05, 0.1) is 42.4 Å². The van der Waals surface area contributed by atoms with Gasteiger partial charge >= 0.3 is 12.2 Å². The molecule has 3 fully saturated rings. The molecule has 3 aromatic rings. The van der Waals surface area contributed by atoms with Crippen LogP contribution < -0.4 is 0 Å². The minimum atomic E-state index is -4.02. The summed E-state index contributed by atoms with van der Waals surface area (Å²) >= 11 is 0. The number of aliphatic hydroxyl groups is 4. The van der Waals surface area contributed by atoms with Crippen molar-refractivity contribution in [3.8, 4) is 0 Å². The highest BCUT2D eigenvalue weighted by Gasteiger charge is 2.42. The number of hydrogen-bond acceptors (Lipinski definition) is 12. The maximum absolute atomic E-state index is 13.8. The summed E-state index contributed by atoms with van der Waals surface area (Å²) in [5.41, 5.74) is 1.64. The topological polar surface area (TPSA) is 213 Å². The van der Waals surface area contributed by atoms with Gasteiger partial charge in [0, 0.05) is 26.8 Å². The molecule has 5 atom stereocenters. The van der Waals surface area contributed by atoms with E-state index in [0.717, 1.165) is 31.9 Å². The highest BCUT2D eigenvalue weighted by Crippen LogP contribution is 2.35. The van der Waals surface area contributed by atoms with Gasteiger partial charge in [0.25, 0.3) is 10.1 Å². The Morgan fingerprint density at radius 1 is 0.762 bits per heavy atom. The van der Waals surface area contributed by atoms with Crippen molar-refractivity contribution in [3.63, 3.8) is 0 Å². The third kappa shape index (κ3) is 16.3. The molecule has 0 saturated carbocycles. The Labute approximate surface area is 369 Å². The Kier molecular flexibility index (Phi) is 19.9. The zero-order valence-corrected chi connectivity index (χ0v) is 38.1. The number of carbonyl (C=O) groups excluding carboxylic acids is 2. The molecule has 0 aliphatic carbocycles. The van der Waals surface area contributed by atoms with Crippen molar-refractivity contribution in [1.29, 1.82) is 0 Å². The fourth-order valence-electron chi connectivity index (χ4n) is 6.70. The molecule has 3 aliphatic heterocycles. The first-order valence-electron chi connectivity index (χ1n) is 20.7. The molecule has 15 nitrogen and oxygen atoms in total. The number of rotatable bonds is 9. The summed E-state index contributed by atoms with van der Waals surface area (Å²) in [5.74, 6) is -0.866. The van der Waals surface area contributed by atoms with Gasteiger partial charge < -0.3 is 49.2 Å². The molecule has 0 radical (unpaired) electrons. The van der Waals surface area contributed by atoms with Crippen LogP contribution in [0.5, 0.6) is 0 Å². The Balaban J connectivity index is 0.000000267. The molecule has 63 heavy (non-hydrogen) atoms. The molecule has 5 N–H and O–H groups in total. The second-order valence-corrected chi connectivity index (χ2v) is 18.6. The number of ether oxygens (including phenoxy) is 4. The molecule has 3 heterocycles. The lowest BCUT2D eigenvalue weighted by Gasteiger charge is -2.44. The van der Waals surface area contributed by atoms with Crippen LogP contribution in [0.4, 0.5) is 18.4 Å². The van der Waals surface area contributed by atoms with E-state index < -0.39 is 69.4 Å². The van der Waals surface area contributed by atoms with E-state index in [9.17, 15) is 42.1 Å². The monoisotopic (exact) mass is 910 g/mol. The minimum Gasteiger partial charge on any atom is -0.444 e. The average Bonchev–Trinajstić information content (AvgIpc) is 3.16. The van der Waals surface area contributed by atoms with Gasteiger partial charge in [0.15, 0.2) is 6.29 Å². The van der Waals surface area contributed by atoms with Crippen LogP contribution in [0.25, 0.3) is 0 Å². The van der Waals surface area contributed by atoms with Crippen molar-refractivity contribution in [1.82, 2.24) is 9.80 Å². The van der Waals surface area contributed by atoms with Crippen LogP contribution >= 0.6 is 0 Å². The SMILES string of the molecule is CC(C)(C)OC(=O)N1CC[C@H]1C(O)c1ccc(F)cc1CO.CC(C)(C)OC(=O)N1CC[C@H]1C(O)c1ccc(F)cc1COC1CCCCO1.CO.Cc1ccc(S(=O)(=O)O)cc1. The number of hydrogen-bond donors (Lipinski definition) is 5. The van der Waals surface area contributed by atoms with Gasteiger partial charge in [-0.3, -0.25) is 4.55 Å². The van der Waals surface area contributed by atoms with Gasteiger partial charge in [-0.1, -0.05) is 29.8 Å². The van der Waals surface area contributed by atoms with Crippen molar-refractivity contribution in [2.24, 2.45) is 0 Å². The highest BCUT2D eigenvalue weighted by atomic mass is 32.2. The fraction of sp³-hybridized carbons (Fsp3) is 0.556. The minimum absolute atomic E-state index is 0.0666. The van der Waals surface area contributed by atoms with E-state index in [4.69, 9.17) is 28.6 Å².